The normalized spacial score (nSPS) is 10.4. The highest BCUT2D eigenvalue weighted by Crippen LogP contribution is 2.29. The zero-order chi connectivity index (χ0) is 14.7. The number of phenols is 1. The van der Waals surface area contributed by atoms with Crippen LogP contribution in [-0.2, 0) is 6.54 Å². The number of ether oxygens (including phenoxy) is 1. The van der Waals surface area contributed by atoms with Crippen molar-refractivity contribution >= 4 is 17.3 Å². The molecule has 3 nitrogen and oxygen atoms in total. The molecule has 4 heteroatoms. The predicted molar refractivity (Wildman–Crippen MR) is 82.9 cm³/mol. The number of nitrogens with one attached hydrogen (secondary N) is 1. The Morgan fingerprint density at radius 1 is 1.15 bits per heavy atom. The second-order valence-corrected chi connectivity index (χ2v) is 5.21. The van der Waals surface area contributed by atoms with Gasteiger partial charge in [-0.2, -0.15) is 0 Å². The minimum atomic E-state index is 0.356. The van der Waals surface area contributed by atoms with Gasteiger partial charge in [0.2, 0.25) is 0 Å². The maximum absolute atomic E-state index is 9.78. The fraction of sp³-hybridized carbons (Fsp3) is 0.250. The van der Waals surface area contributed by atoms with E-state index in [4.69, 9.17) is 16.3 Å². The van der Waals surface area contributed by atoms with Gasteiger partial charge in [0.15, 0.2) is 0 Å². The summed E-state index contributed by atoms with van der Waals surface area (Å²) >= 11 is 6.00. The van der Waals surface area contributed by atoms with Crippen molar-refractivity contribution in [2.45, 2.75) is 20.4 Å². The van der Waals surface area contributed by atoms with Crippen LogP contribution in [0, 0.1) is 13.8 Å². The number of aryl methyl sites for hydroxylation is 2. The number of methoxy groups -OCH3 is 1. The van der Waals surface area contributed by atoms with Crippen molar-refractivity contribution in [2.75, 3.05) is 12.4 Å². The van der Waals surface area contributed by atoms with Gasteiger partial charge in [-0.05, 0) is 48.7 Å². The van der Waals surface area contributed by atoms with Crippen molar-refractivity contribution in [2.24, 2.45) is 0 Å². The molecule has 0 bridgehead atoms. The molecule has 0 fully saturated rings. The molecular weight excluding hydrogens is 274 g/mol. The molecule has 2 aromatic rings. The summed E-state index contributed by atoms with van der Waals surface area (Å²) < 4.78 is 5.29. The highest BCUT2D eigenvalue weighted by Gasteiger charge is 2.06. The van der Waals surface area contributed by atoms with E-state index < -0.39 is 0 Å². The number of phenolic OH excluding ortho intramolecular Hbond substituents is 1. The Bertz CT molecular complexity index is 603. The molecule has 0 aromatic heterocycles. The highest BCUT2D eigenvalue weighted by molar-refractivity contribution is 6.30. The summed E-state index contributed by atoms with van der Waals surface area (Å²) in [6.45, 7) is 4.43. The van der Waals surface area contributed by atoms with Crippen molar-refractivity contribution < 1.29 is 9.84 Å². The molecule has 20 heavy (non-hydrogen) atoms. The third kappa shape index (κ3) is 3.17. The van der Waals surface area contributed by atoms with Crippen LogP contribution in [0.3, 0.4) is 0 Å². The van der Waals surface area contributed by atoms with E-state index in [-0.39, 0.29) is 0 Å². The summed E-state index contributed by atoms with van der Waals surface area (Å²) in [5.41, 5.74) is 3.70. The fourth-order valence-corrected chi connectivity index (χ4v) is 2.34. The van der Waals surface area contributed by atoms with Crippen LogP contribution in [-0.4, -0.2) is 12.2 Å². The van der Waals surface area contributed by atoms with Crippen molar-refractivity contribution in [1.82, 2.24) is 0 Å². The second kappa shape index (κ2) is 6.06. The molecule has 0 aliphatic rings. The van der Waals surface area contributed by atoms with E-state index in [2.05, 4.69) is 5.32 Å². The van der Waals surface area contributed by atoms with Gasteiger partial charge >= 0.3 is 0 Å². The molecule has 0 unspecified atom stereocenters. The summed E-state index contributed by atoms with van der Waals surface area (Å²) in [5, 5.41) is 13.7. The molecule has 0 aliphatic heterocycles. The predicted octanol–water partition coefficient (Wildman–Crippen LogP) is 4.28. The third-order valence-electron chi connectivity index (χ3n) is 3.20. The van der Waals surface area contributed by atoms with Gasteiger partial charge in [-0.25, -0.2) is 0 Å². The first kappa shape index (κ1) is 14.5. The monoisotopic (exact) mass is 291 g/mol. The minimum Gasteiger partial charge on any atom is -0.507 e. The number of aromatic hydroxyl groups is 1. The first-order chi connectivity index (χ1) is 9.51. The maximum Gasteiger partial charge on any atom is 0.142 e. The van der Waals surface area contributed by atoms with Crippen LogP contribution in [0.5, 0.6) is 11.5 Å². The minimum absolute atomic E-state index is 0.356. The molecule has 0 atom stereocenters. The van der Waals surface area contributed by atoms with E-state index in [1.165, 1.54) is 0 Å². The van der Waals surface area contributed by atoms with Crippen molar-refractivity contribution in [3.63, 3.8) is 0 Å². The molecule has 2 N–H and O–H groups in total. The van der Waals surface area contributed by atoms with Crippen LogP contribution in [0.15, 0.2) is 30.3 Å². The Labute approximate surface area is 124 Å². The lowest BCUT2D eigenvalue weighted by atomic mass is 10.1. The van der Waals surface area contributed by atoms with Gasteiger partial charge < -0.3 is 15.2 Å². The zero-order valence-corrected chi connectivity index (χ0v) is 12.6. The van der Waals surface area contributed by atoms with E-state index in [9.17, 15) is 5.11 Å². The maximum atomic E-state index is 9.78. The van der Waals surface area contributed by atoms with Crippen LogP contribution in [0.1, 0.15) is 16.7 Å². The van der Waals surface area contributed by atoms with Crippen LogP contribution >= 0.6 is 11.6 Å². The summed E-state index contributed by atoms with van der Waals surface area (Å²) in [6.07, 6.45) is 0. The molecular formula is C16H18ClNO2. The first-order valence-electron chi connectivity index (χ1n) is 6.37. The molecule has 2 rings (SSSR count). The van der Waals surface area contributed by atoms with Crippen LogP contribution in [0.4, 0.5) is 5.69 Å². The molecule has 0 aliphatic carbocycles. The second-order valence-electron chi connectivity index (χ2n) is 4.78. The lowest BCUT2D eigenvalue weighted by Gasteiger charge is -2.13. The van der Waals surface area contributed by atoms with E-state index in [0.29, 0.717) is 17.3 Å². The fourth-order valence-electron chi connectivity index (χ4n) is 2.16. The quantitative estimate of drug-likeness (QED) is 0.883. The number of anilines is 1. The number of hydrogen-bond acceptors (Lipinski definition) is 3. The molecule has 2 aromatic carbocycles. The molecule has 0 saturated carbocycles. The zero-order valence-electron chi connectivity index (χ0n) is 11.8. The summed E-state index contributed by atoms with van der Waals surface area (Å²) in [5.74, 6) is 1.11. The van der Waals surface area contributed by atoms with Crippen LogP contribution in [0.2, 0.25) is 5.02 Å². The number of benzene rings is 2. The Kier molecular flexibility index (Phi) is 4.40. The van der Waals surface area contributed by atoms with Crippen molar-refractivity contribution in [3.8, 4) is 11.5 Å². The molecule has 0 saturated heterocycles. The summed E-state index contributed by atoms with van der Waals surface area (Å²) in [7, 11) is 1.63. The van der Waals surface area contributed by atoms with Crippen molar-refractivity contribution in [1.29, 1.82) is 0 Å². The molecule has 0 heterocycles. The van der Waals surface area contributed by atoms with Gasteiger partial charge in [-0.1, -0.05) is 23.7 Å². The molecule has 0 amide bonds. The number of rotatable bonds is 4. The highest BCUT2D eigenvalue weighted by atomic mass is 35.5. The lowest BCUT2D eigenvalue weighted by molar-refractivity contribution is 0.416. The molecule has 0 spiro atoms. The van der Waals surface area contributed by atoms with Crippen LogP contribution in [0.25, 0.3) is 0 Å². The molecule has 0 radical (unpaired) electrons. The number of halogens is 1. The van der Waals surface area contributed by atoms with Gasteiger partial charge in [-0.15, -0.1) is 0 Å². The summed E-state index contributed by atoms with van der Waals surface area (Å²) in [4.78, 5) is 0. The van der Waals surface area contributed by atoms with E-state index >= 15 is 0 Å². The Morgan fingerprint density at radius 2 is 1.80 bits per heavy atom. The largest absolute Gasteiger partial charge is 0.507 e. The van der Waals surface area contributed by atoms with Gasteiger partial charge in [0.05, 0.1) is 12.8 Å². The Balaban J connectivity index is 2.18. The van der Waals surface area contributed by atoms with E-state index in [1.807, 2.05) is 38.1 Å². The summed E-state index contributed by atoms with van der Waals surface area (Å²) in [6, 6.07) is 9.39. The van der Waals surface area contributed by atoms with Gasteiger partial charge in [-0.3, -0.25) is 0 Å². The SMILES string of the molecule is COc1ccc(Cl)cc1NCc1cc(C)c(O)c(C)c1. The average Bonchev–Trinajstić information content (AvgIpc) is 2.42. The van der Waals surface area contributed by atoms with Gasteiger partial charge in [0, 0.05) is 11.6 Å². The van der Waals surface area contributed by atoms with Gasteiger partial charge in [0.1, 0.15) is 11.5 Å². The van der Waals surface area contributed by atoms with E-state index in [1.54, 1.807) is 13.2 Å². The van der Waals surface area contributed by atoms with Gasteiger partial charge in [0.25, 0.3) is 0 Å². The Morgan fingerprint density at radius 3 is 2.40 bits per heavy atom. The lowest BCUT2D eigenvalue weighted by Crippen LogP contribution is -2.02. The molecule has 106 valence electrons. The topological polar surface area (TPSA) is 41.5 Å². The first-order valence-corrected chi connectivity index (χ1v) is 6.75. The smallest absolute Gasteiger partial charge is 0.142 e. The van der Waals surface area contributed by atoms with Crippen molar-refractivity contribution in [3.05, 3.63) is 52.0 Å². The average molecular weight is 292 g/mol. The standard InChI is InChI=1S/C16H18ClNO2/c1-10-6-12(7-11(2)16(10)19)9-18-14-8-13(17)4-5-15(14)20-3/h4-8,18-19H,9H2,1-3H3. The Hall–Kier alpha value is -1.87. The van der Waals surface area contributed by atoms with Crippen LogP contribution < -0.4 is 10.1 Å². The van der Waals surface area contributed by atoms with E-state index in [0.717, 1.165) is 28.1 Å². The number of hydrogen-bond donors (Lipinski definition) is 2. The third-order valence-corrected chi connectivity index (χ3v) is 3.43.